The Morgan fingerprint density at radius 2 is 1.59 bits per heavy atom. The van der Waals surface area contributed by atoms with Crippen LogP contribution in [0.15, 0.2) is 39.5 Å². The largest absolute Gasteiger partial charge is 0.493 e. The van der Waals surface area contributed by atoms with Crippen molar-refractivity contribution < 1.29 is 37.7 Å². The summed E-state index contributed by atoms with van der Waals surface area (Å²) in [6.07, 6.45) is 0.342. The van der Waals surface area contributed by atoms with Gasteiger partial charge in [-0.15, -0.1) is 0 Å². The van der Waals surface area contributed by atoms with Crippen molar-refractivity contribution in [3.05, 3.63) is 57.4 Å². The minimum absolute atomic E-state index is 0.0872. The molecule has 0 aliphatic heterocycles. The lowest BCUT2D eigenvalue weighted by Crippen LogP contribution is -2.12. The van der Waals surface area contributed by atoms with Crippen LogP contribution in [-0.4, -0.2) is 39.9 Å². The van der Waals surface area contributed by atoms with Gasteiger partial charge in [0.15, 0.2) is 11.5 Å². The average Bonchev–Trinajstić information content (AvgIpc) is 2.81. The van der Waals surface area contributed by atoms with Gasteiger partial charge in [0.1, 0.15) is 11.3 Å². The highest BCUT2D eigenvalue weighted by molar-refractivity contribution is 5.93. The molecule has 9 nitrogen and oxygen atoms in total. The van der Waals surface area contributed by atoms with Gasteiger partial charge >= 0.3 is 17.6 Å². The van der Waals surface area contributed by atoms with Gasteiger partial charge in [-0.1, -0.05) is 0 Å². The highest BCUT2D eigenvalue weighted by Gasteiger charge is 2.20. The number of aryl methyl sites for hydroxylation is 2. The topological polar surface area (TPSA) is 111 Å². The van der Waals surface area contributed by atoms with E-state index < -0.39 is 11.6 Å². The molecule has 0 fully saturated rings. The maximum Gasteiger partial charge on any atom is 0.343 e. The van der Waals surface area contributed by atoms with E-state index in [0.29, 0.717) is 22.3 Å². The summed E-state index contributed by atoms with van der Waals surface area (Å²) < 4.78 is 31.9. The molecule has 180 valence electrons. The quantitative estimate of drug-likeness (QED) is 0.262. The number of rotatable bonds is 9. The monoisotopic (exact) mass is 470 g/mol. The molecule has 0 N–H and O–H groups in total. The van der Waals surface area contributed by atoms with Crippen molar-refractivity contribution >= 4 is 22.9 Å². The van der Waals surface area contributed by atoms with Gasteiger partial charge < -0.3 is 28.1 Å². The molecule has 34 heavy (non-hydrogen) atoms. The number of hydrogen-bond acceptors (Lipinski definition) is 9. The molecule has 0 amide bonds. The molecule has 0 saturated carbocycles. The molecule has 0 radical (unpaired) electrons. The van der Waals surface area contributed by atoms with E-state index >= 15 is 0 Å². The van der Waals surface area contributed by atoms with Gasteiger partial charge in [-0.2, -0.15) is 0 Å². The van der Waals surface area contributed by atoms with Crippen LogP contribution in [-0.2, 0) is 16.0 Å². The Bertz CT molecular complexity index is 1250. The highest BCUT2D eigenvalue weighted by Crippen LogP contribution is 2.38. The molecule has 9 heteroatoms. The van der Waals surface area contributed by atoms with E-state index in [1.165, 1.54) is 45.6 Å². The summed E-state index contributed by atoms with van der Waals surface area (Å²) in [5, 5.41) is 0.672. The van der Waals surface area contributed by atoms with Gasteiger partial charge in [-0.25, -0.2) is 9.59 Å². The zero-order valence-electron chi connectivity index (χ0n) is 19.7. The summed E-state index contributed by atoms with van der Waals surface area (Å²) in [6, 6.07) is 7.52. The Morgan fingerprint density at radius 1 is 0.912 bits per heavy atom. The first-order valence-corrected chi connectivity index (χ1v) is 10.6. The van der Waals surface area contributed by atoms with Crippen LogP contribution in [0.4, 0.5) is 0 Å². The van der Waals surface area contributed by atoms with Crippen LogP contribution in [0.2, 0.25) is 0 Å². The molecular formula is C25H26O9. The lowest BCUT2D eigenvalue weighted by atomic mass is 10.0. The second-order valence-electron chi connectivity index (χ2n) is 7.31. The fourth-order valence-electron chi connectivity index (χ4n) is 3.51. The molecule has 0 spiro atoms. The fraction of sp³-hybridized carbons (Fsp3) is 0.320. The zero-order valence-corrected chi connectivity index (χ0v) is 19.7. The van der Waals surface area contributed by atoms with Gasteiger partial charge in [0.05, 0.1) is 33.5 Å². The molecule has 2 aromatic carbocycles. The molecule has 3 rings (SSSR count). The van der Waals surface area contributed by atoms with Crippen molar-refractivity contribution in [1.29, 1.82) is 0 Å². The van der Waals surface area contributed by atoms with Gasteiger partial charge in [-0.05, 0) is 49.6 Å². The number of hydrogen-bond donors (Lipinski definition) is 0. The maximum absolute atomic E-state index is 13.1. The van der Waals surface area contributed by atoms with E-state index in [1.807, 2.05) is 0 Å². The number of methoxy groups -OCH3 is 3. The number of esters is 2. The van der Waals surface area contributed by atoms with Crippen molar-refractivity contribution in [3.8, 4) is 23.0 Å². The van der Waals surface area contributed by atoms with Crippen LogP contribution in [0.5, 0.6) is 23.0 Å². The Morgan fingerprint density at radius 3 is 2.18 bits per heavy atom. The summed E-state index contributed by atoms with van der Waals surface area (Å²) >= 11 is 0. The van der Waals surface area contributed by atoms with Crippen LogP contribution in [0.25, 0.3) is 11.0 Å². The molecule has 0 unspecified atom stereocenters. The number of ether oxygens (including phenoxy) is 5. The van der Waals surface area contributed by atoms with Crippen LogP contribution in [0, 0.1) is 6.92 Å². The standard InChI is InChI=1S/C25H26O9/c1-6-32-22(26)8-7-15-10-17-14(2)9-23(27)33-19(17)13-18(15)34-25(28)16-11-20(29-3)24(31-5)21(12-16)30-4/h9-13H,6-8H2,1-5H3. The van der Waals surface area contributed by atoms with Crippen molar-refractivity contribution in [2.45, 2.75) is 26.7 Å². The Hall–Kier alpha value is -4.01. The first kappa shape index (κ1) is 24.6. The molecule has 1 heterocycles. The Balaban J connectivity index is 2.03. The third kappa shape index (κ3) is 5.31. The van der Waals surface area contributed by atoms with Crippen molar-refractivity contribution in [2.24, 2.45) is 0 Å². The van der Waals surface area contributed by atoms with Crippen molar-refractivity contribution in [3.63, 3.8) is 0 Å². The Labute approximate surface area is 196 Å². The number of fused-ring (bicyclic) bond motifs is 1. The van der Waals surface area contributed by atoms with Crippen LogP contribution in [0.1, 0.15) is 34.8 Å². The third-order valence-corrected chi connectivity index (χ3v) is 5.14. The second kappa shape index (κ2) is 10.7. The summed E-state index contributed by atoms with van der Waals surface area (Å²) in [5.74, 6) is -0.0105. The lowest BCUT2D eigenvalue weighted by molar-refractivity contribution is -0.143. The Kier molecular flexibility index (Phi) is 7.78. The van der Waals surface area contributed by atoms with Gasteiger partial charge in [0.2, 0.25) is 5.75 Å². The van der Waals surface area contributed by atoms with E-state index in [1.54, 1.807) is 19.9 Å². The van der Waals surface area contributed by atoms with E-state index in [-0.39, 0.29) is 53.8 Å². The summed E-state index contributed by atoms with van der Waals surface area (Å²) in [7, 11) is 4.33. The van der Waals surface area contributed by atoms with E-state index in [0.717, 1.165) is 0 Å². The van der Waals surface area contributed by atoms with Gasteiger partial charge in [-0.3, -0.25) is 4.79 Å². The van der Waals surface area contributed by atoms with Crippen molar-refractivity contribution in [2.75, 3.05) is 27.9 Å². The minimum Gasteiger partial charge on any atom is -0.493 e. The summed E-state index contributed by atoms with van der Waals surface area (Å²) in [4.78, 5) is 36.8. The van der Waals surface area contributed by atoms with E-state index in [4.69, 9.17) is 28.1 Å². The van der Waals surface area contributed by atoms with Crippen LogP contribution >= 0.6 is 0 Å². The molecule has 0 aliphatic carbocycles. The smallest absolute Gasteiger partial charge is 0.343 e. The van der Waals surface area contributed by atoms with Crippen LogP contribution < -0.4 is 24.6 Å². The lowest BCUT2D eigenvalue weighted by Gasteiger charge is -2.15. The van der Waals surface area contributed by atoms with Crippen molar-refractivity contribution in [1.82, 2.24) is 0 Å². The third-order valence-electron chi connectivity index (χ3n) is 5.14. The second-order valence-corrected chi connectivity index (χ2v) is 7.31. The predicted molar refractivity (Wildman–Crippen MR) is 123 cm³/mol. The SMILES string of the molecule is CCOC(=O)CCc1cc2c(C)cc(=O)oc2cc1OC(=O)c1cc(OC)c(OC)c(OC)c1. The molecule has 3 aromatic rings. The molecule has 0 atom stereocenters. The predicted octanol–water partition coefficient (Wildman–Crippen LogP) is 3.84. The molecule has 0 bridgehead atoms. The molecular weight excluding hydrogens is 444 g/mol. The minimum atomic E-state index is -0.703. The van der Waals surface area contributed by atoms with Crippen LogP contribution in [0.3, 0.4) is 0 Å². The molecule has 1 aromatic heterocycles. The fourth-order valence-corrected chi connectivity index (χ4v) is 3.51. The highest BCUT2D eigenvalue weighted by atomic mass is 16.5. The first-order valence-electron chi connectivity index (χ1n) is 10.6. The average molecular weight is 470 g/mol. The molecule has 0 aliphatic rings. The van der Waals surface area contributed by atoms with Gasteiger partial charge in [0, 0.05) is 23.9 Å². The first-order chi connectivity index (χ1) is 16.3. The van der Waals surface area contributed by atoms with E-state index in [9.17, 15) is 14.4 Å². The summed E-state index contributed by atoms with van der Waals surface area (Å²) in [6.45, 7) is 3.77. The number of benzene rings is 2. The maximum atomic E-state index is 13.1. The van der Waals surface area contributed by atoms with E-state index in [2.05, 4.69) is 0 Å². The van der Waals surface area contributed by atoms with Gasteiger partial charge in [0.25, 0.3) is 0 Å². The molecule has 0 saturated heterocycles. The zero-order chi connectivity index (χ0) is 24.8. The number of carbonyl (C=O) groups is 2. The normalized spacial score (nSPS) is 10.6. The number of carbonyl (C=O) groups excluding carboxylic acids is 2. The summed E-state index contributed by atoms with van der Waals surface area (Å²) in [5.41, 5.74) is 1.17.